The Morgan fingerprint density at radius 1 is 0.873 bits per heavy atom. The molecule has 0 saturated carbocycles. The average molecular weight is 797 g/mol. The van der Waals surface area contributed by atoms with E-state index in [9.17, 15) is 28.7 Å². The normalized spacial score (nSPS) is 15.6. The van der Waals surface area contributed by atoms with Crippen LogP contribution in [-0.4, -0.2) is 73.0 Å². The number of phosphoric ester groups is 1. The third-order valence-electron chi connectivity index (χ3n) is 9.03. The smallest absolute Gasteiger partial charge is 0.790 e. The molecule has 0 radical (unpaired) electrons. The van der Waals surface area contributed by atoms with E-state index in [1.807, 2.05) is 107 Å². The fourth-order valence-corrected chi connectivity index (χ4v) is 7.11. The summed E-state index contributed by atoms with van der Waals surface area (Å²) in [5.41, 5.74) is 3.47. The maximum atomic E-state index is 14.1. The molecular formula is C39H51N4Na2O9P. The van der Waals surface area contributed by atoms with Gasteiger partial charge in [0, 0.05) is 19.1 Å². The Hall–Kier alpha value is -2.26. The zero-order valence-corrected chi connectivity index (χ0v) is 37.9. The van der Waals surface area contributed by atoms with Crippen LogP contribution in [0.2, 0.25) is 0 Å². The second-order valence-electron chi connectivity index (χ2n) is 13.8. The standard InChI is InChI=1S/C39H53N4O9P.2Na/c1-26(2)36(43-21-13-20-40-39(43)46)38(45)41-32(22-30-16-8-6-9-17-30)24-34(51-29(5)52-53(47,48)49)33(23-31-18-10-7-11-19-31)42-35(44)25-50-37-27(3)14-12-15-28(37)4;;/h6-12,14-19,26,29,32-34,36H,13,20-25H2,1-5H3,(H,40,46)(H,41,45)(H,42,44)(H2,47,48,49);;/q;2*+1/p-2/t29?,32-,33-,34-,36-;;/m0../s1. The van der Waals surface area contributed by atoms with Gasteiger partial charge in [-0.25, -0.2) is 4.79 Å². The zero-order chi connectivity index (χ0) is 38.5. The van der Waals surface area contributed by atoms with E-state index in [-0.39, 0.29) is 96.4 Å². The molecule has 1 unspecified atom stereocenters. The Labute approximate surface area is 368 Å². The Morgan fingerprint density at radius 2 is 1.45 bits per heavy atom. The molecule has 3 aromatic carbocycles. The summed E-state index contributed by atoms with van der Waals surface area (Å²) in [5, 5.41) is 8.99. The van der Waals surface area contributed by atoms with Gasteiger partial charge in [0.25, 0.3) is 5.91 Å². The van der Waals surface area contributed by atoms with Crippen LogP contribution in [0.3, 0.4) is 0 Å². The van der Waals surface area contributed by atoms with Crippen molar-refractivity contribution in [3.8, 4) is 5.75 Å². The summed E-state index contributed by atoms with van der Waals surface area (Å²) < 4.78 is 28.5. The van der Waals surface area contributed by atoms with Gasteiger partial charge in [-0.3, -0.25) is 9.59 Å². The average Bonchev–Trinajstić information content (AvgIpc) is 3.08. The second-order valence-corrected chi connectivity index (χ2v) is 14.9. The molecule has 5 atom stereocenters. The predicted molar refractivity (Wildman–Crippen MR) is 197 cm³/mol. The molecule has 1 saturated heterocycles. The van der Waals surface area contributed by atoms with Gasteiger partial charge in [-0.05, 0) is 74.6 Å². The number of ether oxygens (including phenoxy) is 2. The van der Waals surface area contributed by atoms with Crippen LogP contribution in [0.15, 0.2) is 78.9 Å². The number of benzene rings is 3. The number of amides is 4. The maximum absolute atomic E-state index is 14.1. The molecular weight excluding hydrogens is 745 g/mol. The molecule has 4 rings (SSSR count). The summed E-state index contributed by atoms with van der Waals surface area (Å²) in [6.45, 7) is 9.44. The van der Waals surface area contributed by atoms with Crippen LogP contribution >= 0.6 is 7.82 Å². The third kappa shape index (κ3) is 16.3. The van der Waals surface area contributed by atoms with Crippen molar-refractivity contribution in [3.05, 3.63) is 101 Å². The number of nitrogens with one attached hydrogen (secondary N) is 3. The van der Waals surface area contributed by atoms with Crippen molar-refractivity contribution in [3.63, 3.8) is 0 Å². The number of rotatable bonds is 19. The van der Waals surface area contributed by atoms with Gasteiger partial charge >= 0.3 is 65.1 Å². The quantitative estimate of drug-likeness (QED) is 0.0675. The van der Waals surface area contributed by atoms with E-state index in [1.54, 1.807) is 4.90 Å². The van der Waals surface area contributed by atoms with Gasteiger partial charge in [0.15, 0.2) is 12.9 Å². The fraction of sp³-hybridized carbons (Fsp3) is 0.462. The van der Waals surface area contributed by atoms with E-state index in [2.05, 4.69) is 16.0 Å². The van der Waals surface area contributed by atoms with Crippen molar-refractivity contribution in [2.75, 3.05) is 19.7 Å². The minimum atomic E-state index is -5.46. The van der Waals surface area contributed by atoms with Gasteiger partial charge in [-0.15, -0.1) is 0 Å². The van der Waals surface area contributed by atoms with Crippen molar-refractivity contribution in [1.82, 2.24) is 20.9 Å². The SMILES string of the molecule is Cc1cccc(C)c1OCC(=O)N[C@@H](Cc1ccccc1)[C@H](C[C@H](Cc1ccccc1)NC(=O)[C@H](C(C)C)N1CCCNC1=O)OC(C)OP(=O)([O-])[O-].[Na+].[Na+]. The largest absolute Gasteiger partial charge is 1.00 e. The Kier molecular flexibility index (Phi) is 21.2. The molecule has 0 aromatic heterocycles. The number of nitrogens with zero attached hydrogens (tertiary/aromatic N) is 1. The van der Waals surface area contributed by atoms with Crippen molar-refractivity contribution >= 4 is 25.7 Å². The van der Waals surface area contributed by atoms with Crippen molar-refractivity contribution in [2.45, 2.75) is 90.8 Å². The summed E-state index contributed by atoms with van der Waals surface area (Å²) in [5.74, 6) is -0.461. The molecule has 16 heteroatoms. The first-order chi connectivity index (χ1) is 25.2. The van der Waals surface area contributed by atoms with Gasteiger partial charge in [-0.1, -0.05) is 92.7 Å². The topological polar surface area (TPSA) is 181 Å². The van der Waals surface area contributed by atoms with Gasteiger partial charge in [0.05, 0.1) is 20.0 Å². The first-order valence-corrected chi connectivity index (χ1v) is 19.4. The molecule has 55 heavy (non-hydrogen) atoms. The van der Waals surface area contributed by atoms with E-state index in [4.69, 9.17) is 14.0 Å². The number of phosphoric acid groups is 1. The van der Waals surface area contributed by atoms with Crippen LogP contribution in [0.1, 0.15) is 55.9 Å². The summed E-state index contributed by atoms with van der Waals surface area (Å²) >= 11 is 0. The van der Waals surface area contributed by atoms with Crippen LogP contribution < -0.4 is 89.6 Å². The van der Waals surface area contributed by atoms with Crippen LogP contribution in [0.25, 0.3) is 0 Å². The molecule has 0 aliphatic carbocycles. The number of aryl methyl sites for hydroxylation is 2. The van der Waals surface area contributed by atoms with E-state index < -0.39 is 44.2 Å². The fourth-order valence-electron chi connectivity index (χ4n) is 6.70. The molecule has 1 heterocycles. The van der Waals surface area contributed by atoms with E-state index >= 15 is 0 Å². The first-order valence-electron chi connectivity index (χ1n) is 18.0. The predicted octanol–water partition coefficient (Wildman–Crippen LogP) is -2.45. The van der Waals surface area contributed by atoms with Crippen LogP contribution in [0.5, 0.6) is 5.75 Å². The molecule has 1 aliphatic heterocycles. The van der Waals surface area contributed by atoms with Crippen LogP contribution in [0, 0.1) is 19.8 Å². The first kappa shape index (κ1) is 48.9. The Morgan fingerprint density at radius 3 is 2.00 bits per heavy atom. The van der Waals surface area contributed by atoms with Crippen molar-refractivity contribution in [1.29, 1.82) is 0 Å². The minimum Gasteiger partial charge on any atom is -0.790 e. The van der Waals surface area contributed by atoms with Crippen LogP contribution in [0.4, 0.5) is 4.79 Å². The third-order valence-corrected chi connectivity index (χ3v) is 9.59. The van der Waals surface area contributed by atoms with E-state index in [0.29, 0.717) is 31.7 Å². The Bertz CT molecular complexity index is 1680. The molecule has 4 amide bonds. The molecule has 13 nitrogen and oxygen atoms in total. The van der Waals surface area contributed by atoms with Gasteiger partial charge in [-0.2, -0.15) is 0 Å². The number of hydrogen-bond acceptors (Lipinski definition) is 9. The minimum absolute atomic E-state index is 0. The molecule has 1 aliphatic rings. The van der Waals surface area contributed by atoms with E-state index in [0.717, 1.165) is 22.3 Å². The number of carbonyl (C=O) groups excluding carboxylic acids is 3. The zero-order valence-electron chi connectivity index (χ0n) is 33.0. The Balaban J connectivity index is 0.00000523. The molecule has 1 fully saturated rings. The molecule has 3 N–H and O–H groups in total. The van der Waals surface area contributed by atoms with Crippen molar-refractivity contribution in [2.24, 2.45) is 5.92 Å². The molecule has 288 valence electrons. The van der Waals surface area contributed by atoms with Gasteiger partial charge < -0.3 is 49.2 Å². The van der Waals surface area contributed by atoms with Crippen molar-refractivity contribution < 1.29 is 102 Å². The summed E-state index contributed by atoms with van der Waals surface area (Å²) in [7, 11) is -5.46. The monoisotopic (exact) mass is 796 g/mol. The summed E-state index contributed by atoms with van der Waals surface area (Å²) in [6.07, 6.45) is -1.18. The van der Waals surface area contributed by atoms with Gasteiger partial charge in [0.1, 0.15) is 11.8 Å². The van der Waals surface area contributed by atoms with Gasteiger partial charge in [0.2, 0.25) is 5.91 Å². The summed E-state index contributed by atoms with van der Waals surface area (Å²) in [6, 6.07) is 21.9. The molecule has 3 aromatic rings. The molecule has 0 spiro atoms. The second kappa shape index (κ2) is 23.8. The number of hydrogen-bond donors (Lipinski definition) is 3. The molecule has 0 bridgehead atoms. The van der Waals surface area contributed by atoms with E-state index in [1.165, 1.54) is 6.92 Å². The van der Waals surface area contributed by atoms with Crippen LogP contribution in [-0.2, 0) is 36.3 Å². The summed E-state index contributed by atoms with van der Waals surface area (Å²) in [4.78, 5) is 65.4. The number of carbonyl (C=O) groups is 3. The number of para-hydroxylation sites is 1. The number of urea groups is 1. The maximum Gasteiger partial charge on any atom is 1.00 e.